The van der Waals surface area contributed by atoms with E-state index >= 15 is 0 Å². The number of benzene rings is 3. The molecule has 45 heavy (non-hydrogen) atoms. The smallest absolute Gasteiger partial charge is 0.182 e. The van der Waals surface area contributed by atoms with E-state index in [1.54, 1.807) is 36.7 Å². The molecule has 0 atom stereocenters. The van der Waals surface area contributed by atoms with Gasteiger partial charge in [-0.2, -0.15) is 0 Å². The average molecular weight is 778 g/mol. The molecule has 8 heteroatoms. The quantitative estimate of drug-likeness (QED) is 0.0814. The van der Waals surface area contributed by atoms with Gasteiger partial charge in [-0.25, -0.2) is 0 Å². The number of ketones is 1. The van der Waals surface area contributed by atoms with Crippen LogP contribution < -0.4 is 10.2 Å². The Morgan fingerprint density at radius 3 is 2.22 bits per heavy atom. The first kappa shape index (κ1) is 34.6. The molecule has 0 saturated carbocycles. The number of rotatable bonds is 5. The third-order valence-electron chi connectivity index (χ3n) is 6.24. The van der Waals surface area contributed by atoms with Crippen molar-refractivity contribution >= 4 is 27.7 Å². The fourth-order valence-electron chi connectivity index (χ4n) is 4.29. The summed E-state index contributed by atoms with van der Waals surface area (Å²) in [4.78, 5) is 31.3. The molecule has 0 amide bonds. The maximum Gasteiger partial charge on any atom is 0.182 e. The molecule has 3 aromatic carbocycles. The number of carbonyl (C=O) groups is 1. The summed E-state index contributed by atoms with van der Waals surface area (Å²) in [6.45, 7) is 7.53. The summed E-state index contributed by atoms with van der Waals surface area (Å²) in [6, 6.07) is 31.7. The number of aliphatic hydroxyl groups is 1. The molecule has 0 aliphatic rings. The van der Waals surface area contributed by atoms with Crippen molar-refractivity contribution in [2.24, 2.45) is 0 Å². The minimum Gasteiger partial charge on any atom is -0.512 e. The first-order valence-electron chi connectivity index (χ1n) is 14.1. The Kier molecular flexibility index (Phi) is 12.9. The molecule has 0 fully saturated rings. The second-order valence-electron chi connectivity index (χ2n) is 9.84. The average Bonchev–Trinajstić information content (AvgIpc) is 3.02. The number of aryl methyl sites for hydroxylation is 1. The first-order chi connectivity index (χ1) is 21.2. The number of hydrogen-bond donors (Lipinski definition) is 1. The van der Waals surface area contributed by atoms with Crippen molar-refractivity contribution in [3.8, 4) is 28.3 Å². The number of allylic oxidation sites excluding steroid dienone is 2. The zero-order valence-corrected chi connectivity index (χ0v) is 27.8. The van der Waals surface area contributed by atoms with Crippen molar-refractivity contribution in [2.75, 3.05) is 6.61 Å². The SMILES string of the molecule is CC(=O)C=C(C)O.CCOc1ccc(-c2ccccn2)cc1.Cc1ccnc(-c2[c-]cc3oc4ccccc4c(=O)c3c2)c1.[Ir]. The molecule has 6 rings (SSSR count). The van der Waals surface area contributed by atoms with Crippen LogP contribution in [0.1, 0.15) is 26.3 Å². The van der Waals surface area contributed by atoms with Gasteiger partial charge in [0.2, 0.25) is 0 Å². The second-order valence-corrected chi connectivity index (χ2v) is 9.84. The van der Waals surface area contributed by atoms with Gasteiger partial charge in [-0.3, -0.25) is 14.6 Å². The standard InChI is InChI=1S/C19H12NO2.C13H13NO.C5H8O2.Ir/c1-12-8-9-20-16(10-12)13-6-7-18-15(11-13)19(21)14-4-2-3-5-17(14)22-18;1-2-15-12-8-6-11(7-9-12)13-5-3-4-10-14-13;1-4(6)3-5(2)7;/h2-5,7-11H,1H3;3-10H,2H2,1H3;3,6H,1-2H3;/q-1;;;. The molecular weight excluding hydrogens is 745 g/mol. The molecule has 231 valence electrons. The Labute approximate surface area is 275 Å². The summed E-state index contributed by atoms with van der Waals surface area (Å²) in [5.41, 5.74) is 5.91. The topological polar surface area (TPSA) is 103 Å². The van der Waals surface area contributed by atoms with Gasteiger partial charge in [0, 0.05) is 44.1 Å². The molecule has 3 heterocycles. The van der Waals surface area contributed by atoms with E-state index in [1.807, 2.05) is 80.6 Å². The second kappa shape index (κ2) is 16.8. The first-order valence-corrected chi connectivity index (χ1v) is 14.1. The molecular formula is C37H33IrN2O5-. The number of fused-ring (bicyclic) bond motifs is 2. The Hall–Kier alpha value is -4.91. The van der Waals surface area contributed by atoms with Crippen molar-refractivity contribution in [1.82, 2.24) is 9.97 Å². The van der Waals surface area contributed by atoms with Gasteiger partial charge in [0.05, 0.1) is 29.0 Å². The largest absolute Gasteiger partial charge is 0.512 e. The molecule has 0 aliphatic heterocycles. The van der Waals surface area contributed by atoms with Gasteiger partial charge in [0.25, 0.3) is 0 Å². The van der Waals surface area contributed by atoms with Gasteiger partial charge in [-0.05, 0) is 93.4 Å². The Bertz CT molecular complexity index is 1950. The third kappa shape index (κ3) is 9.80. The summed E-state index contributed by atoms with van der Waals surface area (Å²) in [7, 11) is 0. The van der Waals surface area contributed by atoms with E-state index in [4.69, 9.17) is 14.3 Å². The van der Waals surface area contributed by atoms with Crippen LogP contribution in [0.2, 0.25) is 0 Å². The summed E-state index contributed by atoms with van der Waals surface area (Å²) in [5, 5.41) is 9.50. The van der Waals surface area contributed by atoms with Crippen molar-refractivity contribution in [3.63, 3.8) is 0 Å². The number of para-hydroxylation sites is 1. The normalized spacial score (nSPS) is 10.5. The number of nitrogens with zero attached hydrogens (tertiary/aromatic N) is 2. The third-order valence-corrected chi connectivity index (χ3v) is 6.24. The molecule has 0 saturated heterocycles. The van der Waals surface area contributed by atoms with Crippen LogP contribution in [0.5, 0.6) is 5.75 Å². The number of aromatic nitrogens is 2. The molecule has 1 radical (unpaired) electrons. The minimum atomic E-state index is -0.125. The van der Waals surface area contributed by atoms with E-state index in [9.17, 15) is 9.59 Å². The summed E-state index contributed by atoms with van der Waals surface area (Å²) in [5.74, 6) is 0.838. The van der Waals surface area contributed by atoms with Gasteiger partial charge < -0.3 is 19.2 Å². The van der Waals surface area contributed by atoms with Gasteiger partial charge in [0.1, 0.15) is 11.3 Å². The molecule has 0 bridgehead atoms. The van der Waals surface area contributed by atoms with Crippen molar-refractivity contribution in [1.29, 1.82) is 0 Å². The zero-order chi connectivity index (χ0) is 31.5. The number of aliphatic hydroxyl groups excluding tert-OH is 1. The summed E-state index contributed by atoms with van der Waals surface area (Å²) < 4.78 is 11.2. The monoisotopic (exact) mass is 778 g/mol. The Morgan fingerprint density at radius 2 is 1.60 bits per heavy atom. The van der Waals surface area contributed by atoms with Gasteiger partial charge >= 0.3 is 0 Å². The number of ether oxygens (including phenoxy) is 1. The van der Waals surface area contributed by atoms with Crippen LogP contribution >= 0.6 is 0 Å². The maximum absolute atomic E-state index is 12.6. The molecule has 1 N–H and O–H groups in total. The van der Waals surface area contributed by atoms with Crippen molar-refractivity contribution < 1.29 is 39.2 Å². The van der Waals surface area contributed by atoms with Crippen LogP contribution in [0, 0.1) is 13.0 Å². The Balaban J connectivity index is 0.000000209. The zero-order valence-electron chi connectivity index (χ0n) is 25.4. The van der Waals surface area contributed by atoms with E-state index in [1.165, 1.54) is 19.9 Å². The van der Waals surface area contributed by atoms with Crippen LogP contribution in [0.25, 0.3) is 44.5 Å². The van der Waals surface area contributed by atoms with E-state index in [2.05, 4.69) is 16.0 Å². The molecule has 0 aliphatic carbocycles. The molecule has 6 aromatic rings. The van der Waals surface area contributed by atoms with Gasteiger partial charge in [-0.15, -0.1) is 23.8 Å². The van der Waals surface area contributed by atoms with Crippen molar-refractivity contribution in [2.45, 2.75) is 27.7 Å². The predicted octanol–water partition coefficient (Wildman–Crippen LogP) is 8.30. The molecule has 0 spiro atoms. The van der Waals surface area contributed by atoms with E-state index in [0.717, 1.165) is 33.8 Å². The van der Waals surface area contributed by atoms with Crippen LogP contribution in [0.4, 0.5) is 0 Å². The number of pyridine rings is 2. The fraction of sp³-hybridized carbons (Fsp3) is 0.135. The van der Waals surface area contributed by atoms with E-state index in [0.29, 0.717) is 28.5 Å². The maximum atomic E-state index is 12.6. The van der Waals surface area contributed by atoms with E-state index < -0.39 is 0 Å². The fourth-order valence-corrected chi connectivity index (χ4v) is 4.29. The Morgan fingerprint density at radius 1 is 0.889 bits per heavy atom. The molecule has 3 aromatic heterocycles. The van der Waals surface area contributed by atoms with Crippen LogP contribution in [-0.4, -0.2) is 27.5 Å². The molecule has 0 unspecified atom stereocenters. The van der Waals surface area contributed by atoms with Gasteiger partial charge in [0.15, 0.2) is 11.2 Å². The van der Waals surface area contributed by atoms with Crippen LogP contribution in [0.15, 0.2) is 124 Å². The number of carbonyl (C=O) groups excluding carboxylic acids is 1. The minimum absolute atomic E-state index is 0. The summed E-state index contributed by atoms with van der Waals surface area (Å²) in [6.07, 6.45) is 4.72. The van der Waals surface area contributed by atoms with Crippen LogP contribution in [0.3, 0.4) is 0 Å². The molecule has 7 nitrogen and oxygen atoms in total. The van der Waals surface area contributed by atoms with Crippen LogP contribution in [-0.2, 0) is 24.9 Å². The summed E-state index contributed by atoms with van der Waals surface area (Å²) >= 11 is 0. The predicted molar refractivity (Wildman–Crippen MR) is 175 cm³/mol. The van der Waals surface area contributed by atoms with Crippen molar-refractivity contribution in [3.05, 3.63) is 137 Å². The van der Waals surface area contributed by atoms with Gasteiger partial charge in [-0.1, -0.05) is 29.8 Å². The van der Waals surface area contributed by atoms with E-state index in [-0.39, 0.29) is 37.1 Å². The number of hydrogen-bond acceptors (Lipinski definition) is 7.